The molecule has 0 rings (SSSR count). The van der Waals surface area contributed by atoms with Crippen LogP contribution in [0.4, 0.5) is 0 Å². The molecule has 0 spiro atoms. The van der Waals surface area contributed by atoms with Gasteiger partial charge in [0.2, 0.25) is 5.91 Å². The number of unbranched alkanes of at least 4 members (excludes halogenated alkanes) is 8. The summed E-state index contributed by atoms with van der Waals surface area (Å²) in [5.41, 5.74) is 0. The van der Waals surface area contributed by atoms with Crippen molar-refractivity contribution >= 4 is 24.4 Å². The first kappa shape index (κ1) is 21.0. The fraction of sp³-hybridized carbons (Fsp3) is 0.929. The highest BCUT2D eigenvalue weighted by Crippen LogP contribution is 2.41. The zero-order valence-corrected chi connectivity index (χ0v) is 15.0. The summed E-state index contributed by atoms with van der Waals surface area (Å²) < 4.78 is 9.46. The van der Waals surface area contributed by atoms with Crippen LogP contribution in [0.25, 0.3) is 0 Å². The number of nitrogens with one attached hydrogen (secondary N) is 1. The van der Waals surface area contributed by atoms with Crippen molar-refractivity contribution in [3.63, 3.8) is 0 Å². The van der Waals surface area contributed by atoms with Crippen molar-refractivity contribution in [2.75, 3.05) is 13.8 Å². The Balaban J connectivity index is 3.32. The van der Waals surface area contributed by atoms with Crippen molar-refractivity contribution in [2.45, 2.75) is 71.1 Å². The lowest BCUT2D eigenvalue weighted by atomic mass is 10.1. The third-order valence-electron chi connectivity index (χ3n) is 3.24. The van der Waals surface area contributed by atoms with Crippen LogP contribution in [0.15, 0.2) is 0 Å². The van der Waals surface area contributed by atoms with Crippen molar-refractivity contribution in [1.82, 2.24) is 5.32 Å². The van der Waals surface area contributed by atoms with E-state index < -0.39 is 6.72 Å². The SMILES string of the molecule is CCCCCCCCCCCC(=O)NCOP(O)(=S)OC. The predicted octanol–water partition coefficient (Wildman–Crippen LogP) is 3.86. The van der Waals surface area contributed by atoms with Crippen LogP contribution >= 0.6 is 6.72 Å². The zero-order valence-electron chi connectivity index (χ0n) is 13.3. The van der Waals surface area contributed by atoms with Gasteiger partial charge in [0, 0.05) is 13.5 Å². The van der Waals surface area contributed by atoms with Gasteiger partial charge in [0.15, 0.2) is 0 Å². The molecule has 1 unspecified atom stereocenters. The third-order valence-corrected chi connectivity index (χ3v) is 4.92. The highest BCUT2D eigenvalue weighted by molar-refractivity contribution is 8.07. The number of amides is 1. The summed E-state index contributed by atoms with van der Waals surface area (Å²) in [6.07, 6.45) is 11.5. The summed E-state index contributed by atoms with van der Waals surface area (Å²) in [6.45, 7) is -1.04. The molecule has 21 heavy (non-hydrogen) atoms. The summed E-state index contributed by atoms with van der Waals surface area (Å²) >= 11 is 4.64. The molecule has 0 aromatic carbocycles. The quantitative estimate of drug-likeness (QED) is 0.286. The maximum atomic E-state index is 11.5. The summed E-state index contributed by atoms with van der Waals surface area (Å²) in [5.74, 6) is -0.0796. The van der Waals surface area contributed by atoms with E-state index in [1.807, 2.05) is 0 Å². The molecule has 0 saturated heterocycles. The van der Waals surface area contributed by atoms with Crippen molar-refractivity contribution in [3.8, 4) is 0 Å². The fourth-order valence-corrected chi connectivity index (χ4v) is 2.42. The molecule has 7 heteroatoms. The molecular formula is C14H30NO4PS. The third kappa shape index (κ3) is 14.7. The van der Waals surface area contributed by atoms with Gasteiger partial charge < -0.3 is 14.7 Å². The Morgan fingerprint density at radius 2 is 1.62 bits per heavy atom. The monoisotopic (exact) mass is 339 g/mol. The van der Waals surface area contributed by atoms with Crippen LogP contribution in [0, 0.1) is 0 Å². The van der Waals surface area contributed by atoms with E-state index in [1.54, 1.807) is 0 Å². The van der Waals surface area contributed by atoms with Crippen LogP contribution in [0.2, 0.25) is 0 Å². The van der Waals surface area contributed by atoms with Gasteiger partial charge in [-0.3, -0.25) is 9.32 Å². The minimum atomic E-state index is -3.16. The van der Waals surface area contributed by atoms with E-state index in [0.29, 0.717) is 6.42 Å². The van der Waals surface area contributed by atoms with Crippen LogP contribution < -0.4 is 5.32 Å². The molecule has 0 aliphatic heterocycles. The first-order valence-electron chi connectivity index (χ1n) is 7.81. The second-order valence-corrected chi connectivity index (χ2v) is 8.05. The number of carbonyl (C=O) groups is 1. The van der Waals surface area contributed by atoms with E-state index >= 15 is 0 Å². The van der Waals surface area contributed by atoms with Crippen LogP contribution in [-0.2, 0) is 25.6 Å². The first-order valence-corrected chi connectivity index (χ1v) is 10.4. The fourth-order valence-electron chi connectivity index (χ4n) is 1.93. The van der Waals surface area contributed by atoms with Crippen LogP contribution in [0.1, 0.15) is 71.1 Å². The molecule has 0 aliphatic rings. The van der Waals surface area contributed by atoms with Gasteiger partial charge in [-0.15, -0.1) is 0 Å². The molecular weight excluding hydrogens is 309 g/mol. The Hall–Kier alpha value is -0.0000000000000000763. The molecule has 1 amide bonds. The van der Waals surface area contributed by atoms with E-state index in [-0.39, 0.29) is 12.6 Å². The molecule has 1 atom stereocenters. The van der Waals surface area contributed by atoms with E-state index in [4.69, 9.17) is 4.52 Å². The number of hydrogen-bond donors (Lipinski definition) is 2. The minimum absolute atomic E-state index is 0.0796. The lowest BCUT2D eigenvalue weighted by Gasteiger charge is -2.13. The molecule has 5 nitrogen and oxygen atoms in total. The molecule has 2 N–H and O–H groups in total. The van der Waals surface area contributed by atoms with Crippen molar-refractivity contribution in [3.05, 3.63) is 0 Å². The van der Waals surface area contributed by atoms with Crippen molar-refractivity contribution < 1.29 is 18.7 Å². The van der Waals surface area contributed by atoms with Gasteiger partial charge in [-0.2, -0.15) is 0 Å². The van der Waals surface area contributed by atoms with Crippen molar-refractivity contribution in [2.24, 2.45) is 0 Å². The van der Waals surface area contributed by atoms with Gasteiger partial charge in [-0.25, -0.2) is 0 Å². The largest absolute Gasteiger partial charge is 0.333 e. The number of rotatable bonds is 14. The Morgan fingerprint density at radius 3 is 2.14 bits per heavy atom. The molecule has 0 saturated carbocycles. The summed E-state index contributed by atoms with van der Waals surface area (Å²) in [5, 5.41) is 2.56. The Morgan fingerprint density at radius 1 is 1.10 bits per heavy atom. The molecule has 0 aromatic rings. The van der Waals surface area contributed by atoms with E-state index in [9.17, 15) is 9.69 Å². The highest BCUT2D eigenvalue weighted by atomic mass is 32.5. The van der Waals surface area contributed by atoms with Gasteiger partial charge in [-0.05, 0) is 18.2 Å². The Bertz CT molecular complexity index is 315. The maximum absolute atomic E-state index is 11.5. The predicted molar refractivity (Wildman–Crippen MR) is 89.5 cm³/mol. The Labute approximate surface area is 134 Å². The van der Waals surface area contributed by atoms with E-state index in [2.05, 4.69) is 28.6 Å². The average Bonchev–Trinajstić information content (AvgIpc) is 2.45. The summed E-state index contributed by atoms with van der Waals surface area (Å²) in [4.78, 5) is 20.8. The van der Waals surface area contributed by atoms with Crippen LogP contribution in [0.3, 0.4) is 0 Å². The van der Waals surface area contributed by atoms with E-state index in [0.717, 1.165) is 12.8 Å². The molecule has 126 valence electrons. The van der Waals surface area contributed by atoms with E-state index in [1.165, 1.54) is 52.1 Å². The zero-order chi connectivity index (χ0) is 16.0. The van der Waals surface area contributed by atoms with Crippen LogP contribution in [-0.4, -0.2) is 24.6 Å². The highest BCUT2D eigenvalue weighted by Gasteiger charge is 2.12. The van der Waals surface area contributed by atoms with Gasteiger partial charge in [0.25, 0.3) is 0 Å². The first-order chi connectivity index (χ1) is 10.0. The molecule has 0 fully saturated rings. The lowest BCUT2D eigenvalue weighted by Crippen LogP contribution is -2.25. The normalized spacial score (nSPS) is 13.9. The maximum Gasteiger partial charge on any atom is 0.325 e. The van der Waals surface area contributed by atoms with Gasteiger partial charge in [0.05, 0.1) is 0 Å². The minimum Gasteiger partial charge on any atom is -0.333 e. The average molecular weight is 339 g/mol. The molecule has 0 heterocycles. The summed E-state index contributed by atoms with van der Waals surface area (Å²) in [6, 6.07) is 0. The topological polar surface area (TPSA) is 67.8 Å². The van der Waals surface area contributed by atoms with Gasteiger partial charge in [0.1, 0.15) is 6.73 Å². The van der Waals surface area contributed by atoms with Crippen molar-refractivity contribution in [1.29, 1.82) is 0 Å². The Kier molecular flexibility index (Phi) is 13.6. The second kappa shape index (κ2) is 13.6. The second-order valence-electron chi connectivity index (χ2n) is 5.10. The smallest absolute Gasteiger partial charge is 0.325 e. The van der Waals surface area contributed by atoms with Crippen LogP contribution in [0.5, 0.6) is 0 Å². The molecule has 0 aromatic heterocycles. The summed E-state index contributed by atoms with van der Waals surface area (Å²) in [7, 11) is 1.28. The molecule has 0 radical (unpaired) electrons. The standard InChI is InChI=1S/C14H30NO4PS/c1-3-4-5-6-7-8-9-10-11-12-14(16)15-13-19-20(17,21)18-2/h3-13H2,1-2H3,(H,15,16)(H,17,21). The lowest BCUT2D eigenvalue weighted by molar-refractivity contribution is -0.122. The number of carbonyl (C=O) groups excluding carboxylic acids is 1. The molecule has 0 aliphatic carbocycles. The van der Waals surface area contributed by atoms with Gasteiger partial charge >= 0.3 is 6.72 Å². The number of hydrogen-bond acceptors (Lipinski definition) is 4. The van der Waals surface area contributed by atoms with Gasteiger partial charge in [-0.1, -0.05) is 58.3 Å². The molecule has 0 bridgehead atoms.